The Balaban J connectivity index is 2.52. The fourth-order valence-corrected chi connectivity index (χ4v) is 2.06. The molecule has 0 amide bonds. The molecule has 0 saturated heterocycles. The van der Waals surface area contributed by atoms with Crippen molar-refractivity contribution in [3.05, 3.63) is 50.7 Å². The van der Waals surface area contributed by atoms with Gasteiger partial charge in [-0.1, -0.05) is 29.4 Å². The Kier molecular flexibility index (Phi) is 4.51. The van der Waals surface area contributed by atoms with Crippen molar-refractivity contribution in [2.45, 2.75) is 12.1 Å². The van der Waals surface area contributed by atoms with Crippen LogP contribution in [0.1, 0.15) is 11.3 Å². The van der Waals surface area contributed by atoms with Gasteiger partial charge in [0.15, 0.2) is 0 Å². The van der Waals surface area contributed by atoms with Crippen LogP contribution in [0.25, 0.3) is 0 Å². The molecule has 0 spiro atoms. The van der Waals surface area contributed by atoms with E-state index in [2.05, 4.69) is 15.3 Å². The molecule has 20 heavy (non-hydrogen) atoms. The van der Waals surface area contributed by atoms with E-state index in [9.17, 15) is 9.18 Å². The van der Waals surface area contributed by atoms with E-state index in [-0.39, 0.29) is 16.3 Å². The van der Waals surface area contributed by atoms with Crippen molar-refractivity contribution in [2.24, 2.45) is 5.10 Å². The molecule has 0 atom stereocenters. The van der Waals surface area contributed by atoms with Crippen LogP contribution in [0.2, 0.25) is 5.02 Å². The molecule has 2 aromatic rings. The highest BCUT2D eigenvalue weighted by molar-refractivity contribution is 7.98. The Labute approximate surface area is 123 Å². The highest BCUT2D eigenvalue weighted by Crippen LogP contribution is 2.17. The van der Waals surface area contributed by atoms with Crippen LogP contribution in [-0.2, 0) is 0 Å². The quantitative estimate of drug-likeness (QED) is 0.645. The van der Waals surface area contributed by atoms with Crippen molar-refractivity contribution in [3.8, 4) is 0 Å². The average molecular weight is 313 g/mol. The molecule has 104 valence electrons. The molecule has 1 heterocycles. The highest BCUT2D eigenvalue weighted by atomic mass is 35.5. The Bertz CT molecular complexity index is 712. The van der Waals surface area contributed by atoms with Crippen molar-refractivity contribution >= 4 is 29.6 Å². The van der Waals surface area contributed by atoms with Crippen molar-refractivity contribution in [1.82, 2.24) is 14.9 Å². The van der Waals surface area contributed by atoms with Gasteiger partial charge in [-0.25, -0.2) is 4.39 Å². The van der Waals surface area contributed by atoms with Crippen molar-refractivity contribution in [3.63, 3.8) is 0 Å². The van der Waals surface area contributed by atoms with E-state index in [0.29, 0.717) is 5.16 Å². The number of hydrogen-bond donors (Lipinski definition) is 0. The first-order valence-corrected chi connectivity index (χ1v) is 7.13. The monoisotopic (exact) mass is 312 g/mol. The first-order chi connectivity index (χ1) is 9.54. The zero-order valence-electron chi connectivity index (χ0n) is 10.7. The SMILES string of the molecule is CSc1nnc(C)c(=O)n1/N=C\c1c(F)cccc1Cl. The number of aromatic nitrogens is 3. The molecule has 8 heteroatoms. The van der Waals surface area contributed by atoms with Crippen LogP contribution in [0.15, 0.2) is 33.3 Å². The lowest BCUT2D eigenvalue weighted by molar-refractivity contribution is 0.621. The van der Waals surface area contributed by atoms with Gasteiger partial charge < -0.3 is 0 Å². The van der Waals surface area contributed by atoms with Crippen molar-refractivity contribution < 1.29 is 4.39 Å². The van der Waals surface area contributed by atoms with Gasteiger partial charge in [-0.3, -0.25) is 4.79 Å². The molecular formula is C12H10ClFN4OS. The van der Waals surface area contributed by atoms with Gasteiger partial charge in [0.2, 0.25) is 5.16 Å². The van der Waals surface area contributed by atoms with E-state index in [1.54, 1.807) is 12.3 Å². The number of rotatable bonds is 3. The molecule has 0 N–H and O–H groups in total. The van der Waals surface area contributed by atoms with Crippen LogP contribution < -0.4 is 5.56 Å². The topological polar surface area (TPSA) is 60.1 Å². The Morgan fingerprint density at radius 1 is 1.45 bits per heavy atom. The molecule has 0 saturated carbocycles. The summed E-state index contributed by atoms with van der Waals surface area (Å²) in [6.45, 7) is 1.53. The minimum absolute atomic E-state index is 0.114. The van der Waals surface area contributed by atoms with Crippen LogP contribution in [-0.4, -0.2) is 27.3 Å². The number of nitrogens with zero attached hydrogens (tertiary/aromatic N) is 4. The highest BCUT2D eigenvalue weighted by Gasteiger charge is 2.08. The van der Waals surface area contributed by atoms with Gasteiger partial charge in [0, 0.05) is 5.56 Å². The van der Waals surface area contributed by atoms with Gasteiger partial charge in [0.25, 0.3) is 5.56 Å². The fourth-order valence-electron chi connectivity index (χ4n) is 1.42. The minimum Gasteiger partial charge on any atom is -0.265 e. The summed E-state index contributed by atoms with van der Waals surface area (Å²) in [6.07, 6.45) is 2.93. The maximum absolute atomic E-state index is 13.6. The summed E-state index contributed by atoms with van der Waals surface area (Å²) >= 11 is 7.10. The van der Waals surface area contributed by atoms with E-state index >= 15 is 0 Å². The summed E-state index contributed by atoms with van der Waals surface area (Å²) in [4.78, 5) is 11.9. The second-order valence-corrected chi connectivity index (χ2v) is 4.95. The molecule has 5 nitrogen and oxygen atoms in total. The zero-order chi connectivity index (χ0) is 14.7. The van der Waals surface area contributed by atoms with Gasteiger partial charge >= 0.3 is 0 Å². The molecule has 0 aliphatic carbocycles. The normalized spacial score (nSPS) is 11.2. The number of hydrogen-bond acceptors (Lipinski definition) is 5. The molecule has 0 bridgehead atoms. The predicted octanol–water partition coefficient (Wildman–Crippen LogP) is 2.34. The third-order valence-electron chi connectivity index (χ3n) is 2.45. The average Bonchev–Trinajstić information content (AvgIpc) is 2.42. The number of halogens is 2. The van der Waals surface area contributed by atoms with E-state index < -0.39 is 11.4 Å². The number of benzene rings is 1. The van der Waals surface area contributed by atoms with Gasteiger partial charge in [-0.05, 0) is 25.3 Å². The second-order valence-electron chi connectivity index (χ2n) is 3.77. The van der Waals surface area contributed by atoms with Crippen LogP contribution in [0, 0.1) is 12.7 Å². The zero-order valence-corrected chi connectivity index (χ0v) is 12.2. The summed E-state index contributed by atoms with van der Waals surface area (Å²) in [7, 11) is 0. The summed E-state index contributed by atoms with van der Waals surface area (Å²) in [5.74, 6) is -0.515. The summed E-state index contributed by atoms with van der Waals surface area (Å²) in [5, 5.41) is 12.1. The third-order valence-corrected chi connectivity index (χ3v) is 3.40. The van der Waals surface area contributed by atoms with Gasteiger partial charge in [-0.15, -0.1) is 10.2 Å². The van der Waals surface area contributed by atoms with Crippen LogP contribution in [0.4, 0.5) is 4.39 Å². The maximum Gasteiger partial charge on any atom is 0.296 e. The summed E-state index contributed by atoms with van der Waals surface area (Å²) in [5.41, 5.74) is -0.0878. The lowest BCUT2D eigenvalue weighted by Gasteiger charge is -2.04. The predicted molar refractivity (Wildman–Crippen MR) is 77.2 cm³/mol. The molecule has 0 aliphatic rings. The molecule has 0 aliphatic heterocycles. The lowest BCUT2D eigenvalue weighted by atomic mass is 10.2. The van der Waals surface area contributed by atoms with E-state index in [4.69, 9.17) is 11.6 Å². The number of aryl methyl sites for hydroxylation is 1. The smallest absolute Gasteiger partial charge is 0.265 e. The van der Waals surface area contributed by atoms with Crippen LogP contribution >= 0.6 is 23.4 Å². The number of thioether (sulfide) groups is 1. The fraction of sp³-hybridized carbons (Fsp3) is 0.167. The first-order valence-electron chi connectivity index (χ1n) is 5.53. The van der Waals surface area contributed by atoms with Gasteiger partial charge in [0.05, 0.1) is 11.2 Å². The second kappa shape index (κ2) is 6.15. The molecule has 0 radical (unpaired) electrons. The Morgan fingerprint density at radius 2 is 2.20 bits per heavy atom. The molecule has 2 rings (SSSR count). The minimum atomic E-state index is -0.515. The lowest BCUT2D eigenvalue weighted by Crippen LogP contribution is -2.23. The van der Waals surface area contributed by atoms with E-state index in [1.165, 1.54) is 37.0 Å². The van der Waals surface area contributed by atoms with Crippen LogP contribution in [0.5, 0.6) is 0 Å². The largest absolute Gasteiger partial charge is 0.296 e. The Morgan fingerprint density at radius 3 is 2.85 bits per heavy atom. The maximum atomic E-state index is 13.6. The third kappa shape index (κ3) is 2.88. The van der Waals surface area contributed by atoms with Crippen molar-refractivity contribution in [1.29, 1.82) is 0 Å². The standard InChI is InChI=1S/C12H10ClFN4OS/c1-7-11(19)18(12(20-2)17-16-7)15-6-8-9(13)4-3-5-10(8)14/h3-6H,1-2H3/b15-6-. The molecule has 0 fully saturated rings. The van der Waals surface area contributed by atoms with Gasteiger partial charge in [0.1, 0.15) is 11.5 Å². The Hall–Kier alpha value is -1.73. The van der Waals surface area contributed by atoms with Crippen molar-refractivity contribution in [2.75, 3.05) is 6.26 Å². The summed E-state index contributed by atoms with van der Waals surface area (Å²) in [6, 6.07) is 4.30. The molecular weight excluding hydrogens is 303 g/mol. The molecule has 1 aromatic heterocycles. The van der Waals surface area contributed by atoms with Crippen LogP contribution in [0.3, 0.4) is 0 Å². The van der Waals surface area contributed by atoms with E-state index in [1.807, 2.05) is 0 Å². The molecule has 0 unspecified atom stereocenters. The van der Waals surface area contributed by atoms with E-state index in [0.717, 1.165) is 4.68 Å². The first kappa shape index (κ1) is 14.7. The molecule has 1 aromatic carbocycles. The summed E-state index contributed by atoms with van der Waals surface area (Å²) < 4.78 is 14.7. The van der Waals surface area contributed by atoms with Gasteiger partial charge in [-0.2, -0.15) is 9.78 Å².